The van der Waals surface area contributed by atoms with Gasteiger partial charge in [0.2, 0.25) is 5.95 Å². The highest BCUT2D eigenvalue weighted by Crippen LogP contribution is 2.30. The third kappa shape index (κ3) is 1.52. The monoisotopic (exact) mass is 255 g/mol. The van der Waals surface area contributed by atoms with Crippen molar-refractivity contribution in [2.75, 3.05) is 11.4 Å². The number of piperidine rings is 1. The standard InChI is InChI=1S/C15H17N3O/c1-10-5-6-12-13(8-10)16-15-17-7-3-2-4-11(17)9-18(15)14(12)19/h5-6,8,11H,2-4,7,9H2,1H3. The molecule has 0 saturated carbocycles. The molecule has 2 aliphatic rings. The number of rotatable bonds is 0. The van der Waals surface area contributed by atoms with Gasteiger partial charge in [-0.15, -0.1) is 0 Å². The molecule has 1 atom stereocenters. The first-order chi connectivity index (χ1) is 9.24. The van der Waals surface area contributed by atoms with E-state index in [-0.39, 0.29) is 5.56 Å². The second kappa shape index (κ2) is 3.83. The molecule has 98 valence electrons. The van der Waals surface area contributed by atoms with Gasteiger partial charge in [-0.25, -0.2) is 4.98 Å². The second-order valence-corrected chi connectivity index (χ2v) is 5.69. The summed E-state index contributed by atoms with van der Waals surface area (Å²) in [6, 6.07) is 6.38. The van der Waals surface area contributed by atoms with Crippen LogP contribution < -0.4 is 10.5 Å². The highest BCUT2D eigenvalue weighted by molar-refractivity contribution is 5.79. The average molecular weight is 255 g/mol. The van der Waals surface area contributed by atoms with E-state index in [1.807, 2.05) is 29.7 Å². The van der Waals surface area contributed by atoms with Crippen LogP contribution in [0.2, 0.25) is 0 Å². The first kappa shape index (κ1) is 11.0. The SMILES string of the molecule is Cc1ccc2c(=O)n3c(nc2c1)N1CCCCC1C3. The highest BCUT2D eigenvalue weighted by atomic mass is 16.1. The van der Waals surface area contributed by atoms with Crippen LogP contribution in [-0.4, -0.2) is 22.1 Å². The number of fused-ring (bicyclic) bond motifs is 4. The molecule has 2 aliphatic heterocycles. The highest BCUT2D eigenvalue weighted by Gasteiger charge is 2.33. The predicted octanol–water partition coefficient (Wildman–Crippen LogP) is 2.08. The van der Waals surface area contributed by atoms with Gasteiger partial charge in [-0.2, -0.15) is 0 Å². The largest absolute Gasteiger partial charge is 0.337 e. The molecule has 4 heteroatoms. The van der Waals surface area contributed by atoms with E-state index in [9.17, 15) is 4.79 Å². The molecule has 19 heavy (non-hydrogen) atoms. The summed E-state index contributed by atoms with van der Waals surface area (Å²) < 4.78 is 1.87. The summed E-state index contributed by atoms with van der Waals surface area (Å²) in [4.78, 5) is 19.6. The lowest BCUT2D eigenvalue weighted by Gasteiger charge is -2.29. The van der Waals surface area contributed by atoms with Gasteiger partial charge in [0, 0.05) is 19.1 Å². The lowest BCUT2D eigenvalue weighted by Crippen LogP contribution is -2.36. The average Bonchev–Trinajstić information content (AvgIpc) is 2.78. The fourth-order valence-electron chi connectivity index (χ4n) is 3.37. The van der Waals surface area contributed by atoms with E-state index in [2.05, 4.69) is 4.90 Å². The summed E-state index contributed by atoms with van der Waals surface area (Å²) in [6.45, 7) is 3.88. The molecule has 4 rings (SSSR count). The van der Waals surface area contributed by atoms with E-state index < -0.39 is 0 Å². The molecule has 1 fully saturated rings. The Labute approximate surface area is 111 Å². The zero-order valence-electron chi connectivity index (χ0n) is 11.1. The molecule has 3 heterocycles. The summed E-state index contributed by atoms with van der Waals surface area (Å²) in [5.74, 6) is 0.882. The maximum atomic E-state index is 12.6. The number of aromatic nitrogens is 2. The summed E-state index contributed by atoms with van der Waals surface area (Å²) in [6.07, 6.45) is 3.65. The van der Waals surface area contributed by atoms with Gasteiger partial charge in [0.05, 0.1) is 10.9 Å². The van der Waals surface area contributed by atoms with E-state index in [0.29, 0.717) is 6.04 Å². The van der Waals surface area contributed by atoms with Crippen LogP contribution in [0.4, 0.5) is 5.95 Å². The number of nitrogens with zero attached hydrogens (tertiary/aromatic N) is 3. The summed E-state index contributed by atoms with van der Waals surface area (Å²) >= 11 is 0. The lowest BCUT2D eigenvalue weighted by molar-refractivity contribution is 0.459. The van der Waals surface area contributed by atoms with Crippen LogP contribution in [0.25, 0.3) is 10.9 Å². The maximum Gasteiger partial charge on any atom is 0.262 e. The Morgan fingerprint density at radius 3 is 3.11 bits per heavy atom. The molecule has 1 unspecified atom stereocenters. The Morgan fingerprint density at radius 1 is 1.32 bits per heavy atom. The van der Waals surface area contributed by atoms with E-state index >= 15 is 0 Å². The molecule has 0 amide bonds. The molecule has 1 saturated heterocycles. The quantitative estimate of drug-likeness (QED) is 0.723. The van der Waals surface area contributed by atoms with Gasteiger partial charge in [0.25, 0.3) is 5.56 Å². The number of hydrogen-bond acceptors (Lipinski definition) is 3. The topological polar surface area (TPSA) is 38.1 Å². The minimum Gasteiger partial charge on any atom is -0.337 e. The van der Waals surface area contributed by atoms with E-state index in [4.69, 9.17) is 4.98 Å². The second-order valence-electron chi connectivity index (χ2n) is 5.69. The Bertz CT molecular complexity index is 719. The first-order valence-corrected chi connectivity index (χ1v) is 7.02. The number of benzene rings is 1. The van der Waals surface area contributed by atoms with Crippen LogP contribution in [0.15, 0.2) is 23.0 Å². The number of anilines is 1. The van der Waals surface area contributed by atoms with Crippen molar-refractivity contribution in [3.05, 3.63) is 34.1 Å². The van der Waals surface area contributed by atoms with Gasteiger partial charge in [-0.1, -0.05) is 6.07 Å². The molecule has 4 nitrogen and oxygen atoms in total. The normalized spacial score (nSPS) is 21.5. The fraction of sp³-hybridized carbons (Fsp3) is 0.467. The molecule has 1 aromatic heterocycles. The summed E-state index contributed by atoms with van der Waals surface area (Å²) in [7, 11) is 0. The van der Waals surface area contributed by atoms with Crippen LogP contribution in [0.3, 0.4) is 0 Å². The van der Waals surface area contributed by atoms with Crippen LogP contribution in [-0.2, 0) is 6.54 Å². The van der Waals surface area contributed by atoms with Crippen molar-refractivity contribution in [3.8, 4) is 0 Å². The predicted molar refractivity (Wildman–Crippen MR) is 75.7 cm³/mol. The molecule has 0 bridgehead atoms. The Balaban J connectivity index is 1.98. The van der Waals surface area contributed by atoms with Gasteiger partial charge in [-0.3, -0.25) is 9.36 Å². The van der Waals surface area contributed by atoms with Crippen molar-refractivity contribution in [1.29, 1.82) is 0 Å². The van der Waals surface area contributed by atoms with E-state index in [1.165, 1.54) is 19.3 Å². The van der Waals surface area contributed by atoms with E-state index in [1.54, 1.807) is 0 Å². The summed E-state index contributed by atoms with van der Waals surface area (Å²) in [5, 5.41) is 0.745. The molecule has 0 aliphatic carbocycles. The molecular weight excluding hydrogens is 238 g/mol. The van der Waals surface area contributed by atoms with Crippen molar-refractivity contribution in [2.24, 2.45) is 0 Å². The van der Waals surface area contributed by atoms with E-state index in [0.717, 1.165) is 35.5 Å². The molecule has 1 aromatic carbocycles. The Morgan fingerprint density at radius 2 is 2.21 bits per heavy atom. The van der Waals surface area contributed by atoms with Crippen LogP contribution in [0, 0.1) is 6.92 Å². The fourth-order valence-corrected chi connectivity index (χ4v) is 3.37. The van der Waals surface area contributed by atoms with Gasteiger partial charge in [0.15, 0.2) is 0 Å². The van der Waals surface area contributed by atoms with Crippen LogP contribution in [0.5, 0.6) is 0 Å². The molecule has 0 radical (unpaired) electrons. The third-order valence-corrected chi connectivity index (χ3v) is 4.37. The summed E-state index contributed by atoms with van der Waals surface area (Å²) in [5.41, 5.74) is 2.11. The Kier molecular flexibility index (Phi) is 2.22. The third-order valence-electron chi connectivity index (χ3n) is 4.37. The van der Waals surface area contributed by atoms with Crippen molar-refractivity contribution in [1.82, 2.24) is 9.55 Å². The van der Waals surface area contributed by atoms with Gasteiger partial charge < -0.3 is 4.90 Å². The van der Waals surface area contributed by atoms with Crippen molar-refractivity contribution < 1.29 is 0 Å². The van der Waals surface area contributed by atoms with Crippen molar-refractivity contribution >= 4 is 16.9 Å². The Hall–Kier alpha value is -1.84. The van der Waals surface area contributed by atoms with Crippen molar-refractivity contribution in [3.63, 3.8) is 0 Å². The van der Waals surface area contributed by atoms with Crippen LogP contribution in [0.1, 0.15) is 24.8 Å². The van der Waals surface area contributed by atoms with Gasteiger partial charge in [0.1, 0.15) is 0 Å². The zero-order valence-corrected chi connectivity index (χ0v) is 11.1. The molecule has 0 N–H and O–H groups in total. The first-order valence-electron chi connectivity index (χ1n) is 7.02. The van der Waals surface area contributed by atoms with Crippen LogP contribution >= 0.6 is 0 Å². The molecule has 0 spiro atoms. The smallest absolute Gasteiger partial charge is 0.262 e. The lowest BCUT2D eigenvalue weighted by atomic mass is 10.0. The molecule has 2 aromatic rings. The van der Waals surface area contributed by atoms with Gasteiger partial charge >= 0.3 is 0 Å². The minimum atomic E-state index is 0.120. The number of hydrogen-bond donors (Lipinski definition) is 0. The zero-order chi connectivity index (χ0) is 13.0. The minimum absolute atomic E-state index is 0.120. The molecular formula is C15H17N3O. The maximum absolute atomic E-state index is 12.6. The van der Waals surface area contributed by atoms with Crippen molar-refractivity contribution in [2.45, 2.75) is 38.8 Å². The number of aryl methyl sites for hydroxylation is 1. The van der Waals surface area contributed by atoms with Gasteiger partial charge in [-0.05, 0) is 43.9 Å².